The fraction of sp³-hybridized carbons (Fsp3) is 0.696. The van der Waals surface area contributed by atoms with Crippen molar-refractivity contribution in [3.05, 3.63) is 109 Å². The van der Waals surface area contributed by atoms with Crippen molar-refractivity contribution < 1.29 is 28.6 Å². The molecule has 0 spiro atoms. The highest BCUT2D eigenvalue weighted by atomic mass is 16.6. The van der Waals surface area contributed by atoms with Crippen LogP contribution < -0.4 is 0 Å². The SMILES string of the molecule is CC/C=C\C/C=C\C/C=C\C/C=C\C/C=C\C/C=C\C/C=C\CCCCCCCCCCCCCC(=O)OCC(COC(=O)CCCCCCCCCCC)OC(=O)CCCCCCC/C=C\C/C=C\CCCCC. The van der Waals surface area contributed by atoms with Crippen LogP contribution in [0.4, 0.5) is 0 Å². The maximum atomic E-state index is 12.8. The molecule has 0 N–H and O–H groups in total. The Labute approximate surface area is 463 Å². The highest BCUT2D eigenvalue weighted by molar-refractivity contribution is 5.71. The molecule has 0 aliphatic heterocycles. The van der Waals surface area contributed by atoms with E-state index in [2.05, 4.69) is 130 Å². The molecule has 75 heavy (non-hydrogen) atoms. The maximum absolute atomic E-state index is 12.8. The smallest absolute Gasteiger partial charge is 0.306 e. The number of unbranched alkanes of at least 4 members (excludes halogenated alkanes) is 27. The first-order chi connectivity index (χ1) is 37.0. The molecule has 0 aromatic carbocycles. The van der Waals surface area contributed by atoms with Gasteiger partial charge in [0.1, 0.15) is 13.2 Å². The Bertz CT molecular complexity index is 1520. The molecular formula is C69H116O6. The minimum absolute atomic E-state index is 0.0822. The van der Waals surface area contributed by atoms with Gasteiger partial charge >= 0.3 is 17.9 Å². The largest absolute Gasteiger partial charge is 0.462 e. The topological polar surface area (TPSA) is 78.9 Å². The minimum atomic E-state index is -0.784. The first kappa shape index (κ1) is 71.1. The van der Waals surface area contributed by atoms with Gasteiger partial charge in [0.2, 0.25) is 0 Å². The van der Waals surface area contributed by atoms with E-state index in [4.69, 9.17) is 14.2 Å². The van der Waals surface area contributed by atoms with Gasteiger partial charge in [-0.05, 0) is 109 Å². The summed E-state index contributed by atoms with van der Waals surface area (Å²) in [6.45, 7) is 6.47. The normalized spacial score (nSPS) is 12.8. The van der Waals surface area contributed by atoms with Crippen LogP contribution in [0.25, 0.3) is 0 Å². The third-order valence-corrected chi connectivity index (χ3v) is 13.3. The standard InChI is InChI=1S/C69H116O6/c1-4-7-10-13-16-19-21-23-25-26-27-28-29-30-31-32-33-34-35-36-37-38-39-40-41-42-44-45-47-50-53-56-59-62-68(71)74-65-66(64-73-67(70)61-58-55-52-49-18-15-12-9-6-3)75-69(72)63-60-57-54-51-48-46-43-24-22-20-17-14-11-8-5-2/h7,10,16-17,19-20,23-25,27-28,30-31,33-34,36-37,43,66H,4-6,8-9,11-15,18,21-22,26,29,32,35,38-42,44-65H2,1-3H3/b10-7-,19-16-,20-17-,25-23-,28-27-,31-30-,34-33-,37-36-,43-24-. The van der Waals surface area contributed by atoms with E-state index in [9.17, 15) is 14.4 Å². The zero-order valence-corrected chi connectivity index (χ0v) is 49.0. The molecule has 0 radical (unpaired) electrons. The molecule has 6 nitrogen and oxygen atoms in total. The second-order valence-electron chi connectivity index (χ2n) is 20.6. The Morgan fingerprint density at radius 3 is 0.840 bits per heavy atom. The molecule has 0 bridgehead atoms. The fourth-order valence-electron chi connectivity index (χ4n) is 8.57. The number of ether oxygens (including phenoxy) is 3. The predicted molar refractivity (Wildman–Crippen MR) is 325 cm³/mol. The average Bonchev–Trinajstić information content (AvgIpc) is 3.41. The Kier molecular flexibility index (Phi) is 59.3. The van der Waals surface area contributed by atoms with Gasteiger partial charge in [0.05, 0.1) is 0 Å². The summed E-state index contributed by atoms with van der Waals surface area (Å²) >= 11 is 0. The lowest BCUT2D eigenvalue weighted by Gasteiger charge is -2.18. The summed E-state index contributed by atoms with van der Waals surface area (Å²) in [7, 11) is 0. The first-order valence-electron chi connectivity index (χ1n) is 31.4. The molecular weight excluding hydrogens is 925 g/mol. The number of hydrogen-bond acceptors (Lipinski definition) is 6. The number of carbonyl (C=O) groups excluding carboxylic acids is 3. The molecule has 0 amide bonds. The van der Waals surface area contributed by atoms with Crippen molar-refractivity contribution >= 4 is 17.9 Å². The summed E-state index contributed by atoms with van der Waals surface area (Å²) in [5, 5.41) is 0. The average molecular weight is 1040 g/mol. The van der Waals surface area contributed by atoms with E-state index in [0.29, 0.717) is 19.3 Å². The molecule has 6 heteroatoms. The van der Waals surface area contributed by atoms with E-state index in [1.54, 1.807) is 0 Å². The lowest BCUT2D eigenvalue weighted by Crippen LogP contribution is -2.30. The lowest BCUT2D eigenvalue weighted by molar-refractivity contribution is -0.167. The molecule has 0 aromatic heterocycles. The van der Waals surface area contributed by atoms with Gasteiger partial charge < -0.3 is 14.2 Å². The molecule has 0 fully saturated rings. The van der Waals surface area contributed by atoms with E-state index in [1.807, 2.05) is 0 Å². The van der Waals surface area contributed by atoms with Gasteiger partial charge in [0.15, 0.2) is 6.10 Å². The van der Waals surface area contributed by atoms with Gasteiger partial charge in [0, 0.05) is 19.3 Å². The Balaban J connectivity index is 4.15. The van der Waals surface area contributed by atoms with Crippen LogP contribution in [0.3, 0.4) is 0 Å². The second kappa shape index (κ2) is 62.6. The van der Waals surface area contributed by atoms with Gasteiger partial charge in [0.25, 0.3) is 0 Å². The summed E-state index contributed by atoms with van der Waals surface area (Å²) in [6.07, 6.45) is 85.3. The van der Waals surface area contributed by atoms with Crippen LogP contribution in [-0.4, -0.2) is 37.2 Å². The summed E-state index contributed by atoms with van der Waals surface area (Å²) in [6, 6.07) is 0. The molecule has 0 aromatic rings. The zero-order valence-electron chi connectivity index (χ0n) is 49.0. The molecule has 0 rings (SSSR count). The van der Waals surface area contributed by atoms with Crippen molar-refractivity contribution in [2.24, 2.45) is 0 Å². The Morgan fingerprint density at radius 2 is 0.520 bits per heavy atom. The van der Waals surface area contributed by atoms with Crippen LogP contribution in [0.15, 0.2) is 109 Å². The van der Waals surface area contributed by atoms with E-state index in [1.165, 1.54) is 122 Å². The molecule has 428 valence electrons. The van der Waals surface area contributed by atoms with Crippen LogP contribution in [-0.2, 0) is 28.6 Å². The Morgan fingerprint density at radius 1 is 0.280 bits per heavy atom. The van der Waals surface area contributed by atoms with Gasteiger partial charge in [-0.15, -0.1) is 0 Å². The van der Waals surface area contributed by atoms with Crippen LogP contribution in [0.2, 0.25) is 0 Å². The maximum Gasteiger partial charge on any atom is 0.306 e. The molecule has 1 unspecified atom stereocenters. The quantitative estimate of drug-likeness (QED) is 0.0261. The first-order valence-corrected chi connectivity index (χ1v) is 31.4. The van der Waals surface area contributed by atoms with Gasteiger partial charge in [-0.2, -0.15) is 0 Å². The lowest BCUT2D eigenvalue weighted by atomic mass is 10.0. The van der Waals surface area contributed by atoms with Crippen molar-refractivity contribution in [2.45, 2.75) is 297 Å². The van der Waals surface area contributed by atoms with E-state index in [0.717, 1.165) is 128 Å². The number of esters is 3. The number of carbonyl (C=O) groups is 3. The van der Waals surface area contributed by atoms with Crippen LogP contribution in [0.1, 0.15) is 290 Å². The fourth-order valence-corrected chi connectivity index (χ4v) is 8.57. The van der Waals surface area contributed by atoms with Crippen molar-refractivity contribution in [3.8, 4) is 0 Å². The van der Waals surface area contributed by atoms with Crippen molar-refractivity contribution in [1.82, 2.24) is 0 Å². The second-order valence-corrected chi connectivity index (χ2v) is 20.6. The number of allylic oxidation sites excluding steroid dienone is 18. The van der Waals surface area contributed by atoms with E-state index in [-0.39, 0.29) is 31.1 Å². The Hall–Kier alpha value is -3.93. The number of rotatable bonds is 56. The highest BCUT2D eigenvalue weighted by Crippen LogP contribution is 2.15. The summed E-state index contributed by atoms with van der Waals surface area (Å²) in [5.74, 6) is -0.897. The highest BCUT2D eigenvalue weighted by Gasteiger charge is 2.19. The minimum Gasteiger partial charge on any atom is -0.462 e. The molecule has 1 atom stereocenters. The molecule has 0 aliphatic rings. The van der Waals surface area contributed by atoms with Crippen molar-refractivity contribution in [1.29, 1.82) is 0 Å². The van der Waals surface area contributed by atoms with Gasteiger partial charge in [-0.25, -0.2) is 0 Å². The third kappa shape index (κ3) is 60.8. The van der Waals surface area contributed by atoms with E-state index >= 15 is 0 Å². The monoisotopic (exact) mass is 1040 g/mol. The summed E-state index contributed by atoms with van der Waals surface area (Å²) in [4.78, 5) is 38.1. The molecule has 0 saturated heterocycles. The predicted octanol–water partition coefficient (Wildman–Crippen LogP) is 21.4. The molecule has 0 aliphatic carbocycles. The van der Waals surface area contributed by atoms with Gasteiger partial charge in [-0.1, -0.05) is 271 Å². The van der Waals surface area contributed by atoms with Crippen LogP contribution >= 0.6 is 0 Å². The summed E-state index contributed by atoms with van der Waals surface area (Å²) in [5.41, 5.74) is 0. The zero-order chi connectivity index (χ0) is 54.3. The molecule has 0 heterocycles. The van der Waals surface area contributed by atoms with Gasteiger partial charge in [-0.3, -0.25) is 14.4 Å². The van der Waals surface area contributed by atoms with Crippen LogP contribution in [0, 0.1) is 0 Å². The number of hydrogen-bond donors (Lipinski definition) is 0. The van der Waals surface area contributed by atoms with Crippen molar-refractivity contribution in [2.75, 3.05) is 13.2 Å². The summed E-state index contributed by atoms with van der Waals surface area (Å²) < 4.78 is 16.8. The van der Waals surface area contributed by atoms with Crippen LogP contribution in [0.5, 0.6) is 0 Å². The molecule has 0 saturated carbocycles. The van der Waals surface area contributed by atoms with E-state index < -0.39 is 6.10 Å². The third-order valence-electron chi connectivity index (χ3n) is 13.3. The van der Waals surface area contributed by atoms with Crippen molar-refractivity contribution in [3.63, 3.8) is 0 Å².